The van der Waals surface area contributed by atoms with Crippen molar-refractivity contribution >= 4 is 11.8 Å². The first-order chi connectivity index (χ1) is 9.40. The van der Waals surface area contributed by atoms with Crippen LogP contribution in [-0.2, 0) is 9.59 Å². The Morgan fingerprint density at radius 2 is 1.45 bits per heavy atom. The molecular weight excluding hydrogens is 254 g/mol. The summed E-state index contributed by atoms with van der Waals surface area (Å²) in [4.78, 5) is 30.4. The van der Waals surface area contributed by atoms with Gasteiger partial charge in [0.25, 0.3) is 0 Å². The van der Waals surface area contributed by atoms with Crippen molar-refractivity contribution in [2.75, 3.05) is 33.2 Å². The van der Waals surface area contributed by atoms with Crippen molar-refractivity contribution in [1.29, 1.82) is 0 Å². The van der Waals surface area contributed by atoms with Crippen molar-refractivity contribution in [3.8, 4) is 0 Å². The highest BCUT2D eigenvalue weighted by Crippen LogP contribution is 2.23. The minimum atomic E-state index is 0.107. The van der Waals surface area contributed by atoms with Gasteiger partial charge in [-0.25, -0.2) is 0 Å². The van der Waals surface area contributed by atoms with Crippen LogP contribution in [0.5, 0.6) is 0 Å². The Labute approximate surface area is 121 Å². The first kappa shape index (κ1) is 15.3. The molecular formula is C15H27N3O2. The van der Waals surface area contributed by atoms with E-state index in [1.54, 1.807) is 6.92 Å². The molecule has 20 heavy (non-hydrogen) atoms. The summed E-state index contributed by atoms with van der Waals surface area (Å²) in [5.74, 6) is 0.570. The van der Waals surface area contributed by atoms with Crippen LogP contribution in [0.1, 0.15) is 33.6 Å². The molecule has 2 rings (SSSR count). The number of amides is 2. The summed E-state index contributed by atoms with van der Waals surface area (Å²) in [7, 11) is 2.11. The number of nitrogens with zero attached hydrogens (tertiary/aromatic N) is 3. The van der Waals surface area contributed by atoms with Gasteiger partial charge >= 0.3 is 0 Å². The SMILES string of the molecule is CC(=O)N1C[C@H](C)N(C(=O)C2CCN(C)CC2)C[C@H]1C. The Bertz CT molecular complexity index is 377. The zero-order valence-corrected chi connectivity index (χ0v) is 13.1. The van der Waals surface area contributed by atoms with E-state index in [2.05, 4.69) is 18.9 Å². The topological polar surface area (TPSA) is 43.9 Å². The molecule has 2 saturated heterocycles. The molecule has 2 aliphatic heterocycles. The van der Waals surface area contributed by atoms with Crippen LogP contribution in [0, 0.1) is 5.92 Å². The molecule has 0 bridgehead atoms. The number of hydrogen-bond donors (Lipinski definition) is 0. The van der Waals surface area contributed by atoms with E-state index in [-0.39, 0.29) is 23.9 Å². The fourth-order valence-corrected chi connectivity index (χ4v) is 3.36. The normalized spacial score (nSPS) is 29.6. The first-order valence-corrected chi connectivity index (χ1v) is 7.66. The summed E-state index contributed by atoms with van der Waals surface area (Å²) in [5, 5.41) is 0. The maximum absolute atomic E-state index is 12.7. The van der Waals surface area contributed by atoms with Crippen molar-refractivity contribution in [3.63, 3.8) is 0 Å². The van der Waals surface area contributed by atoms with E-state index in [0.29, 0.717) is 19.0 Å². The molecule has 2 aliphatic rings. The molecule has 0 aromatic rings. The highest BCUT2D eigenvalue weighted by molar-refractivity contribution is 5.80. The maximum Gasteiger partial charge on any atom is 0.226 e. The van der Waals surface area contributed by atoms with E-state index in [0.717, 1.165) is 25.9 Å². The molecule has 2 atom stereocenters. The Balaban J connectivity index is 1.98. The molecule has 5 heteroatoms. The fourth-order valence-electron chi connectivity index (χ4n) is 3.36. The molecule has 2 fully saturated rings. The van der Waals surface area contributed by atoms with Gasteiger partial charge in [0.05, 0.1) is 0 Å². The predicted molar refractivity (Wildman–Crippen MR) is 78.2 cm³/mol. The van der Waals surface area contributed by atoms with Crippen LogP contribution < -0.4 is 0 Å². The van der Waals surface area contributed by atoms with Crippen molar-refractivity contribution in [1.82, 2.24) is 14.7 Å². The molecule has 0 unspecified atom stereocenters. The number of piperidine rings is 1. The van der Waals surface area contributed by atoms with Gasteiger partial charge in [-0.05, 0) is 46.8 Å². The van der Waals surface area contributed by atoms with Crippen molar-refractivity contribution in [2.24, 2.45) is 5.92 Å². The van der Waals surface area contributed by atoms with Gasteiger partial charge in [-0.3, -0.25) is 9.59 Å². The zero-order chi connectivity index (χ0) is 14.9. The van der Waals surface area contributed by atoms with Crippen LogP contribution in [0.2, 0.25) is 0 Å². The second-order valence-electron chi connectivity index (χ2n) is 6.44. The summed E-state index contributed by atoms with van der Waals surface area (Å²) >= 11 is 0. The lowest BCUT2D eigenvalue weighted by molar-refractivity contribution is -0.148. The van der Waals surface area contributed by atoms with Crippen molar-refractivity contribution < 1.29 is 9.59 Å². The number of hydrogen-bond acceptors (Lipinski definition) is 3. The highest BCUT2D eigenvalue weighted by atomic mass is 16.2. The van der Waals surface area contributed by atoms with E-state index in [4.69, 9.17) is 0 Å². The predicted octanol–water partition coefficient (Wildman–Crippen LogP) is 0.796. The van der Waals surface area contributed by atoms with Crippen LogP contribution in [0.15, 0.2) is 0 Å². The Hall–Kier alpha value is -1.10. The molecule has 114 valence electrons. The van der Waals surface area contributed by atoms with Gasteiger partial charge in [0.15, 0.2) is 0 Å². The van der Waals surface area contributed by atoms with E-state index in [1.165, 1.54) is 0 Å². The monoisotopic (exact) mass is 281 g/mol. The van der Waals surface area contributed by atoms with Gasteiger partial charge in [-0.2, -0.15) is 0 Å². The van der Waals surface area contributed by atoms with Gasteiger partial charge in [0.2, 0.25) is 11.8 Å². The van der Waals surface area contributed by atoms with Gasteiger partial charge in [0, 0.05) is 38.0 Å². The quantitative estimate of drug-likeness (QED) is 0.714. The van der Waals surface area contributed by atoms with Gasteiger partial charge in [-0.15, -0.1) is 0 Å². The molecule has 0 aromatic carbocycles. The lowest BCUT2D eigenvalue weighted by Crippen LogP contribution is -2.60. The van der Waals surface area contributed by atoms with Crippen LogP contribution in [0.3, 0.4) is 0 Å². The van der Waals surface area contributed by atoms with Crippen LogP contribution in [0.4, 0.5) is 0 Å². The third kappa shape index (κ3) is 3.14. The Morgan fingerprint density at radius 3 is 2.00 bits per heavy atom. The van der Waals surface area contributed by atoms with E-state index >= 15 is 0 Å². The van der Waals surface area contributed by atoms with Crippen LogP contribution in [0.25, 0.3) is 0 Å². The minimum absolute atomic E-state index is 0.107. The molecule has 2 heterocycles. The van der Waals surface area contributed by atoms with E-state index < -0.39 is 0 Å². The molecule has 0 radical (unpaired) electrons. The molecule has 5 nitrogen and oxygen atoms in total. The average molecular weight is 281 g/mol. The molecule has 0 spiro atoms. The largest absolute Gasteiger partial charge is 0.336 e. The van der Waals surface area contributed by atoms with Gasteiger partial charge in [0.1, 0.15) is 0 Å². The third-order valence-corrected chi connectivity index (χ3v) is 4.74. The number of rotatable bonds is 1. The number of piperazine rings is 1. The van der Waals surface area contributed by atoms with Crippen molar-refractivity contribution in [3.05, 3.63) is 0 Å². The lowest BCUT2D eigenvalue weighted by Gasteiger charge is -2.45. The summed E-state index contributed by atoms with van der Waals surface area (Å²) in [6, 6.07) is 0.251. The Morgan fingerprint density at radius 1 is 0.950 bits per heavy atom. The molecule has 0 N–H and O–H groups in total. The average Bonchev–Trinajstić information content (AvgIpc) is 2.40. The number of carbonyl (C=O) groups is 2. The standard InChI is InChI=1S/C15H27N3O2/c1-11-10-18(12(2)9-17(11)13(3)19)15(20)14-5-7-16(4)8-6-14/h11-12,14H,5-10H2,1-4H3/t11-,12+/m1/s1. The summed E-state index contributed by atoms with van der Waals surface area (Å²) < 4.78 is 0. The molecule has 0 saturated carbocycles. The molecule has 2 amide bonds. The third-order valence-electron chi connectivity index (χ3n) is 4.74. The lowest BCUT2D eigenvalue weighted by atomic mass is 9.94. The highest BCUT2D eigenvalue weighted by Gasteiger charge is 2.36. The summed E-state index contributed by atoms with van der Waals surface area (Å²) in [6.45, 7) is 9.04. The fraction of sp³-hybridized carbons (Fsp3) is 0.867. The van der Waals surface area contributed by atoms with E-state index in [9.17, 15) is 9.59 Å². The summed E-state index contributed by atoms with van der Waals surface area (Å²) in [5.41, 5.74) is 0. The number of likely N-dealkylation sites (tertiary alicyclic amines) is 1. The van der Waals surface area contributed by atoms with Gasteiger partial charge < -0.3 is 14.7 Å². The second kappa shape index (κ2) is 6.12. The summed E-state index contributed by atoms with van der Waals surface area (Å²) in [6.07, 6.45) is 1.92. The minimum Gasteiger partial charge on any atom is -0.336 e. The first-order valence-electron chi connectivity index (χ1n) is 7.66. The van der Waals surface area contributed by atoms with Crippen LogP contribution in [-0.4, -0.2) is 71.8 Å². The van der Waals surface area contributed by atoms with Crippen LogP contribution >= 0.6 is 0 Å². The Kier molecular flexibility index (Phi) is 4.68. The number of carbonyl (C=O) groups excluding carboxylic acids is 2. The molecule has 0 aliphatic carbocycles. The molecule has 0 aromatic heterocycles. The smallest absolute Gasteiger partial charge is 0.226 e. The van der Waals surface area contributed by atoms with E-state index in [1.807, 2.05) is 16.7 Å². The van der Waals surface area contributed by atoms with Crippen molar-refractivity contribution in [2.45, 2.75) is 45.7 Å². The van der Waals surface area contributed by atoms with Gasteiger partial charge in [-0.1, -0.05) is 0 Å². The second-order valence-corrected chi connectivity index (χ2v) is 6.44. The zero-order valence-electron chi connectivity index (χ0n) is 13.1. The maximum atomic E-state index is 12.7.